The number of hydrogen-bond donors (Lipinski definition) is 1. The van der Waals surface area contributed by atoms with Gasteiger partial charge in [-0.3, -0.25) is 4.21 Å². The topological polar surface area (TPSA) is 63.2 Å². The van der Waals surface area contributed by atoms with Gasteiger partial charge >= 0.3 is 0 Å². The first-order chi connectivity index (χ1) is 9.84. The second-order valence-corrected chi connectivity index (χ2v) is 8.88. The largest absolute Gasteiger partial charge is 0.314 e. The van der Waals surface area contributed by atoms with E-state index in [1.54, 1.807) is 12.1 Å². The molecule has 1 aromatic rings. The lowest BCUT2D eigenvalue weighted by Crippen LogP contribution is -2.26. The van der Waals surface area contributed by atoms with E-state index in [2.05, 4.69) is 19.2 Å². The standard InChI is InChI=1S/C15H25NO3S2/c1-4-11-16-13(2)6-5-12-20(17)14-7-9-15(10-8-14)21(3,18)19/h7-10,13,16H,4-6,11-12H2,1-3H3. The first-order valence-corrected chi connectivity index (χ1v) is 10.5. The smallest absolute Gasteiger partial charge is 0.175 e. The van der Waals surface area contributed by atoms with Crippen molar-refractivity contribution in [1.82, 2.24) is 5.32 Å². The first kappa shape index (κ1) is 18.3. The third kappa shape index (κ3) is 6.72. The summed E-state index contributed by atoms with van der Waals surface area (Å²) in [7, 11) is -4.25. The Labute approximate surface area is 130 Å². The van der Waals surface area contributed by atoms with Crippen LogP contribution in [0, 0.1) is 0 Å². The summed E-state index contributed by atoms with van der Waals surface area (Å²) in [5.41, 5.74) is 0. The van der Waals surface area contributed by atoms with Gasteiger partial charge in [0.15, 0.2) is 9.84 Å². The van der Waals surface area contributed by atoms with Crippen LogP contribution in [0.5, 0.6) is 0 Å². The predicted octanol–water partition coefficient (Wildman–Crippen LogP) is 2.37. The van der Waals surface area contributed by atoms with Crippen molar-refractivity contribution in [3.63, 3.8) is 0 Å². The number of benzene rings is 1. The van der Waals surface area contributed by atoms with Gasteiger partial charge in [0.25, 0.3) is 0 Å². The van der Waals surface area contributed by atoms with Crippen LogP contribution in [0.2, 0.25) is 0 Å². The van der Waals surface area contributed by atoms with Gasteiger partial charge < -0.3 is 5.32 Å². The molecular formula is C15H25NO3S2. The second-order valence-electron chi connectivity index (χ2n) is 5.29. The Morgan fingerprint density at radius 2 is 1.86 bits per heavy atom. The molecule has 0 aliphatic carbocycles. The molecule has 21 heavy (non-hydrogen) atoms. The van der Waals surface area contributed by atoms with Gasteiger partial charge in [0.05, 0.1) is 15.7 Å². The van der Waals surface area contributed by atoms with Crippen LogP contribution in [0.4, 0.5) is 0 Å². The summed E-state index contributed by atoms with van der Waals surface area (Å²) >= 11 is 0. The summed E-state index contributed by atoms with van der Waals surface area (Å²) in [5.74, 6) is 0.608. The predicted molar refractivity (Wildman–Crippen MR) is 87.8 cm³/mol. The molecule has 0 heterocycles. The van der Waals surface area contributed by atoms with Crippen molar-refractivity contribution < 1.29 is 12.6 Å². The normalized spacial score (nSPS) is 14.8. The quantitative estimate of drug-likeness (QED) is 0.754. The number of rotatable bonds is 9. The molecule has 0 saturated carbocycles. The van der Waals surface area contributed by atoms with E-state index in [4.69, 9.17) is 0 Å². The Morgan fingerprint density at radius 1 is 1.24 bits per heavy atom. The van der Waals surface area contributed by atoms with E-state index in [0.717, 1.165) is 25.8 Å². The maximum Gasteiger partial charge on any atom is 0.175 e. The molecule has 0 fully saturated rings. The monoisotopic (exact) mass is 331 g/mol. The van der Waals surface area contributed by atoms with Crippen LogP contribution in [-0.4, -0.2) is 37.2 Å². The van der Waals surface area contributed by atoms with Crippen molar-refractivity contribution in [3.05, 3.63) is 24.3 Å². The van der Waals surface area contributed by atoms with Gasteiger partial charge in [-0.05, 0) is 57.0 Å². The van der Waals surface area contributed by atoms with Crippen LogP contribution in [-0.2, 0) is 20.6 Å². The molecule has 2 unspecified atom stereocenters. The van der Waals surface area contributed by atoms with E-state index in [-0.39, 0.29) is 4.90 Å². The summed E-state index contributed by atoms with van der Waals surface area (Å²) in [4.78, 5) is 0.956. The van der Waals surface area contributed by atoms with Crippen molar-refractivity contribution in [2.24, 2.45) is 0 Å². The van der Waals surface area contributed by atoms with Gasteiger partial charge in [0.2, 0.25) is 0 Å². The lowest BCUT2D eigenvalue weighted by Gasteiger charge is -2.12. The average molecular weight is 332 g/mol. The summed E-state index contributed by atoms with van der Waals surface area (Å²) in [5, 5.41) is 3.40. The van der Waals surface area contributed by atoms with Crippen LogP contribution in [0.1, 0.15) is 33.1 Å². The maximum absolute atomic E-state index is 12.1. The Morgan fingerprint density at radius 3 is 2.38 bits per heavy atom. The van der Waals surface area contributed by atoms with Crippen LogP contribution < -0.4 is 5.32 Å². The van der Waals surface area contributed by atoms with E-state index in [1.165, 1.54) is 18.4 Å². The molecule has 0 aromatic heterocycles. The third-order valence-corrected chi connectivity index (χ3v) is 5.81. The molecule has 0 aliphatic rings. The van der Waals surface area contributed by atoms with E-state index in [1.807, 2.05) is 0 Å². The molecule has 0 aliphatic heterocycles. The van der Waals surface area contributed by atoms with Crippen LogP contribution in [0.15, 0.2) is 34.1 Å². The molecule has 1 rings (SSSR count). The molecule has 0 spiro atoms. The molecule has 120 valence electrons. The van der Waals surface area contributed by atoms with Crippen molar-refractivity contribution in [2.75, 3.05) is 18.6 Å². The molecule has 1 N–H and O–H groups in total. The van der Waals surface area contributed by atoms with E-state index >= 15 is 0 Å². The molecule has 6 heteroatoms. The molecule has 0 radical (unpaired) electrons. The van der Waals surface area contributed by atoms with Gasteiger partial charge in [-0.15, -0.1) is 0 Å². The fraction of sp³-hybridized carbons (Fsp3) is 0.600. The molecule has 1 aromatic carbocycles. The van der Waals surface area contributed by atoms with Crippen molar-refractivity contribution >= 4 is 20.6 Å². The Balaban J connectivity index is 2.46. The molecule has 2 atom stereocenters. The molecular weight excluding hydrogens is 306 g/mol. The minimum atomic E-state index is -3.19. The zero-order valence-electron chi connectivity index (χ0n) is 13.0. The Bertz CT molecular complexity index is 553. The fourth-order valence-electron chi connectivity index (χ4n) is 1.97. The van der Waals surface area contributed by atoms with E-state index < -0.39 is 20.6 Å². The summed E-state index contributed by atoms with van der Waals surface area (Å²) < 4.78 is 34.9. The highest BCUT2D eigenvalue weighted by molar-refractivity contribution is 7.90. The summed E-state index contributed by atoms with van der Waals surface area (Å²) in [6.07, 6.45) is 4.16. The molecule has 0 amide bonds. The van der Waals surface area contributed by atoms with Crippen molar-refractivity contribution in [1.29, 1.82) is 0 Å². The Kier molecular flexibility index (Phi) is 7.56. The highest BCUT2D eigenvalue weighted by Crippen LogP contribution is 2.14. The van der Waals surface area contributed by atoms with Crippen LogP contribution in [0.3, 0.4) is 0 Å². The van der Waals surface area contributed by atoms with Crippen molar-refractivity contribution in [2.45, 2.75) is 48.9 Å². The molecule has 0 bridgehead atoms. The highest BCUT2D eigenvalue weighted by Gasteiger charge is 2.09. The summed E-state index contributed by atoms with van der Waals surface area (Å²) in [6, 6.07) is 6.77. The lowest BCUT2D eigenvalue weighted by molar-refractivity contribution is 0.509. The second kappa shape index (κ2) is 8.66. The lowest BCUT2D eigenvalue weighted by atomic mass is 10.2. The van der Waals surface area contributed by atoms with Crippen LogP contribution >= 0.6 is 0 Å². The Hall–Kier alpha value is -0.720. The molecule has 0 saturated heterocycles. The van der Waals surface area contributed by atoms with Gasteiger partial charge in [0.1, 0.15) is 0 Å². The minimum Gasteiger partial charge on any atom is -0.314 e. The highest BCUT2D eigenvalue weighted by atomic mass is 32.2. The maximum atomic E-state index is 12.1. The number of sulfone groups is 1. The minimum absolute atomic E-state index is 0.264. The summed E-state index contributed by atoms with van der Waals surface area (Å²) in [6.45, 7) is 5.28. The average Bonchev–Trinajstić information content (AvgIpc) is 2.44. The van der Waals surface area contributed by atoms with Crippen LogP contribution in [0.25, 0.3) is 0 Å². The van der Waals surface area contributed by atoms with Gasteiger partial charge in [0, 0.05) is 22.9 Å². The fourth-order valence-corrected chi connectivity index (χ4v) is 3.70. The number of nitrogens with one attached hydrogen (secondary N) is 1. The van der Waals surface area contributed by atoms with Gasteiger partial charge in [-0.1, -0.05) is 6.92 Å². The third-order valence-electron chi connectivity index (χ3n) is 3.22. The first-order valence-electron chi connectivity index (χ1n) is 7.26. The van der Waals surface area contributed by atoms with Gasteiger partial charge in [-0.25, -0.2) is 8.42 Å². The molecule has 4 nitrogen and oxygen atoms in total. The zero-order chi connectivity index (χ0) is 15.9. The van der Waals surface area contributed by atoms with Gasteiger partial charge in [-0.2, -0.15) is 0 Å². The SMILES string of the molecule is CCCNC(C)CCCS(=O)c1ccc(S(C)(=O)=O)cc1. The zero-order valence-corrected chi connectivity index (χ0v) is 14.6. The van der Waals surface area contributed by atoms with Crippen molar-refractivity contribution in [3.8, 4) is 0 Å². The van der Waals surface area contributed by atoms with E-state index in [9.17, 15) is 12.6 Å². The van der Waals surface area contributed by atoms with E-state index in [0.29, 0.717) is 16.7 Å². The number of hydrogen-bond acceptors (Lipinski definition) is 4.